The van der Waals surface area contributed by atoms with Gasteiger partial charge in [-0.05, 0) is 50.4 Å². The Morgan fingerprint density at radius 3 is 2.11 bits per heavy atom. The van der Waals surface area contributed by atoms with Crippen LogP contribution in [-0.2, 0) is 28.6 Å². The predicted octanol–water partition coefficient (Wildman–Crippen LogP) is 4.98. The van der Waals surface area contributed by atoms with Crippen molar-refractivity contribution in [1.82, 2.24) is 0 Å². The molecule has 3 aliphatic rings. The molecular formula is C23H30F6O6. The molecule has 0 amide bonds. The molecule has 0 spiro atoms. The third-order valence-electron chi connectivity index (χ3n) is 7.78. The summed E-state index contributed by atoms with van der Waals surface area (Å²) in [6.45, 7) is 9.38. The van der Waals surface area contributed by atoms with Gasteiger partial charge in [0.05, 0.1) is 5.41 Å². The first-order chi connectivity index (χ1) is 15.8. The smallest absolute Gasteiger partial charge is 0.434 e. The number of carbonyl (C=O) groups excluding carboxylic acids is 3. The average Bonchev–Trinajstić information content (AvgIpc) is 3.14. The molecule has 200 valence electrons. The lowest BCUT2D eigenvalue weighted by molar-refractivity contribution is -0.315. The van der Waals surface area contributed by atoms with Crippen LogP contribution in [0.3, 0.4) is 0 Å². The number of hydrogen-bond donors (Lipinski definition) is 0. The lowest BCUT2D eigenvalue weighted by atomic mass is 9.73. The summed E-state index contributed by atoms with van der Waals surface area (Å²) < 4.78 is 92.8. The highest BCUT2D eigenvalue weighted by molar-refractivity contribution is 6.02. The second-order valence-corrected chi connectivity index (χ2v) is 11.0. The molecule has 1 aliphatic heterocycles. The predicted molar refractivity (Wildman–Crippen MR) is 107 cm³/mol. The van der Waals surface area contributed by atoms with Gasteiger partial charge >= 0.3 is 30.3 Å². The monoisotopic (exact) mass is 516 g/mol. The summed E-state index contributed by atoms with van der Waals surface area (Å²) in [7, 11) is 0. The van der Waals surface area contributed by atoms with Gasteiger partial charge < -0.3 is 14.2 Å². The highest BCUT2D eigenvalue weighted by Crippen LogP contribution is 2.61. The summed E-state index contributed by atoms with van der Waals surface area (Å²) in [6.07, 6.45) is -17.8. The van der Waals surface area contributed by atoms with Gasteiger partial charge in [0.25, 0.3) is 6.10 Å². The van der Waals surface area contributed by atoms with Gasteiger partial charge in [0.15, 0.2) is 5.41 Å². The summed E-state index contributed by atoms with van der Waals surface area (Å²) >= 11 is 0. The first-order valence-electron chi connectivity index (χ1n) is 11.6. The van der Waals surface area contributed by atoms with Crippen LogP contribution in [0.1, 0.15) is 60.3 Å². The highest BCUT2D eigenvalue weighted by Gasteiger charge is 2.73. The van der Waals surface area contributed by atoms with Gasteiger partial charge in [0, 0.05) is 5.92 Å². The number of fused-ring (bicyclic) bond motifs is 1. The highest BCUT2D eigenvalue weighted by atomic mass is 19.4. The molecule has 3 fully saturated rings. The summed E-state index contributed by atoms with van der Waals surface area (Å²) in [4.78, 5) is 38.7. The summed E-state index contributed by atoms with van der Waals surface area (Å²) in [5, 5.41) is 0. The number of halogens is 6. The van der Waals surface area contributed by atoms with Gasteiger partial charge in [-0.2, -0.15) is 26.3 Å². The normalized spacial score (nSPS) is 32.1. The Kier molecular flexibility index (Phi) is 6.96. The first kappa shape index (κ1) is 27.6. The molecule has 3 rings (SSSR count). The molecule has 6 unspecified atom stereocenters. The number of hydrogen-bond acceptors (Lipinski definition) is 6. The molecular weight excluding hydrogens is 486 g/mol. The molecule has 2 bridgehead atoms. The van der Waals surface area contributed by atoms with Crippen molar-refractivity contribution in [2.24, 2.45) is 34.5 Å². The van der Waals surface area contributed by atoms with Crippen LogP contribution in [0.25, 0.3) is 0 Å². The van der Waals surface area contributed by atoms with E-state index in [2.05, 4.69) is 4.74 Å². The van der Waals surface area contributed by atoms with E-state index in [0.717, 1.165) is 0 Å². The number of rotatable bonds is 7. The van der Waals surface area contributed by atoms with Crippen LogP contribution in [-0.4, -0.2) is 48.6 Å². The van der Waals surface area contributed by atoms with E-state index in [-0.39, 0.29) is 31.1 Å². The van der Waals surface area contributed by atoms with Crippen LogP contribution in [0.4, 0.5) is 26.3 Å². The number of esters is 3. The minimum atomic E-state index is -5.91. The summed E-state index contributed by atoms with van der Waals surface area (Å²) in [5.41, 5.74) is -3.15. The van der Waals surface area contributed by atoms with Gasteiger partial charge in [-0.1, -0.05) is 27.7 Å². The van der Waals surface area contributed by atoms with E-state index in [4.69, 9.17) is 9.47 Å². The van der Waals surface area contributed by atoms with E-state index in [1.54, 1.807) is 6.92 Å². The van der Waals surface area contributed by atoms with E-state index in [1.807, 2.05) is 27.7 Å². The molecule has 0 radical (unpaired) electrons. The molecule has 0 N–H and O–H groups in total. The van der Waals surface area contributed by atoms with E-state index in [9.17, 15) is 40.7 Å². The van der Waals surface area contributed by atoms with Crippen molar-refractivity contribution in [2.75, 3.05) is 0 Å². The van der Waals surface area contributed by atoms with E-state index in [0.29, 0.717) is 6.42 Å². The van der Waals surface area contributed by atoms with Crippen LogP contribution >= 0.6 is 0 Å². The Hall–Kier alpha value is -2.01. The molecule has 35 heavy (non-hydrogen) atoms. The van der Waals surface area contributed by atoms with Crippen LogP contribution in [0.5, 0.6) is 0 Å². The molecule has 12 heteroatoms. The van der Waals surface area contributed by atoms with E-state index in [1.165, 1.54) is 0 Å². The second-order valence-electron chi connectivity index (χ2n) is 11.0. The van der Waals surface area contributed by atoms with Crippen molar-refractivity contribution in [2.45, 2.75) is 91.0 Å². The fraction of sp³-hybridized carbons (Fsp3) is 0.870. The fourth-order valence-corrected chi connectivity index (χ4v) is 5.83. The van der Waals surface area contributed by atoms with Crippen molar-refractivity contribution in [3.63, 3.8) is 0 Å². The zero-order valence-corrected chi connectivity index (χ0v) is 20.1. The molecule has 0 aromatic carbocycles. The fourth-order valence-electron chi connectivity index (χ4n) is 5.83. The average molecular weight is 516 g/mol. The quantitative estimate of drug-likeness (QED) is 0.206. The SMILES string of the molecule is CC(C)CC(C)(C(=O)OC1CC2CC3C1OC(=O)C3(C(=O)OC(C(F)(F)F)C(F)(F)F)C2)C(C)C. The van der Waals surface area contributed by atoms with Crippen molar-refractivity contribution in [1.29, 1.82) is 0 Å². The number of ether oxygens (including phenoxy) is 3. The summed E-state index contributed by atoms with van der Waals surface area (Å²) in [5.74, 6) is -5.08. The van der Waals surface area contributed by atoms with E-state index >= 15 is 0 Å². The van der Waals surface area contributed by atoms with Gasteiger partial charge in [-0.3, -0.25) is 14.4 Å². The van der Waals surface area contributed by atoms with Gasteiger partial charge in [-0.25, -0.2) is 0 Å². The Bertz CT molecular complexity index is 854. The zero-order chi connectivity index (χ0) is 26.7. The maximum absolute atomic E-state index is 13.2. The molecule has 1 heterocycles. The van der Waals surface area contributed by atoms with Crippen LogP contribution in [0.15, 0.2) is 0 Å². The van der Waals surface area contributed by atoms with Gasteiger partial charge in [0.1, 0.15) is 12.2 Å². The molecule has 2 saturated carbocycles. The lowest BCUT2D eigenvalue weighted by Crippen LogP contribution is -2.50. The Balaban J connectivity index is 1.84. The molecule has 6 nitrogen and oxygen atoms in total. The van der Waals surface area contributed by atoms with E-state index < -0.39 is 71.2 Å². The third kappa shape index (κ3) is 4.73. The lowest BCUT2D eigenvalue weighted by Gasteiger charge is -2.38. The third-order valence-corrected chi connectivity index (χ3v) is 7.78. The Labute approximate surface area is 199 Å². The molecule has 1 saturated heterocycles. The van der Waals surface area contributed by atoms with Crippen LogP contribution in [0.2, 0.25) is 0 Å². The standard InChI is InChI=1S/C23H30F6O6/c1-10(2)8-20(5,11(3)4)17(30)33-14-7-12-6-13-15(14)34-18(31)21(13,9-12)19(32)35-16(22(24,25)26)23(27,28)29/h10-16H,6-9H2,1-5H3. The minimum Gasteiger partial charge on any atom is -0.458 e. The van der Waals surface area contributed by atoms with Crippen molar-refractivity contribution in [3.05, 3.63) is 0 Å². The molecule has 0 aromatic rings. The number of alkyl halides is 6. The maximum Gasteiger partial charge on any atom is 0.434 e. The van der Waals surface area contributed by atoms with Crippen LogP contribution < -0.4 is 0 Å². The zero-order valence-electron chi connectivity index (χ0n) is 20.1. The Morgan fingerprint density at radius 1 is 1.06 bits per heavy atom. The van der Waals surface area contributed by atoms with Crippen molar-refractivity contribution in [3.8, 4) is 0 Å². The van der Waals surface area contributed by atoms with Crippen molar-refractivity contribution < 1.29 is 54.9 Å². The number of carbonyl (C=O) groups is 3. The Morgan fingerprint density at radius 2 is 1.63 bits per heavy atom. The molecule has 0 aromatic heterocycles. The van der Waals surface area contributed by atoms with Gasteiger partial charge in [-0.15, -0.1) is 0 Å². The molecule has 6 atom stereocenters. The second kappa shape index (κ2) is 8.83. The topological polar surface area (TPSA) is 78.9 Å². The summed E-state index contributed by atoms with van der Waals surface area (Å²) in [6, 6.07) is 0. The van der Waals surface area contributed by atoms with Gasteiger partial charge in [0.2, 0.25) is 0 Å². The van der Waals surface area contributed by atoms with Crippen molar-refractivity contribution >= 4 is 17.9 Å². The minimum absolute atomic E-state index is 0.0976. The molecule has 2 aliphatic carbocycles. The first-order valence-corrected chi connectivity index (χ1v) is 11.6. The van der Waals surface area contributed by atoms with Crippen LogP contribution in [0, 0.1) is 34.5 Å². The maximum atomic E-state index is 13.2. The largest absolute Gasteiger partial charge is 0.458 e.